The maximum atomic E-state index is 11.5. The number of hydrogen-bond donors (Lipinski definition) is 0. The molecule has 0 aliphatic rings. The predicted octanol–water partition coefficient (Wildman–Crippen LogP) is 3.23. The monoisotopic (exact) mass is 353 g/mol. The van der Waals surface area contributed by atoms with Gasteiger partial charge < -0.3 is 9.26 Å². The second-order valence-electron chi connectivity index (χ2n) is 3.84. The minimum absolute atomic E-state index is 0.173. The number of nitrogens with zero attached hydrogens (tertiary/aromatic N) is 1. The Morgan fingerprint density at radius 3 is 2.38 bits per heavy atom. The van der Waals surface area contributed by atoms with Gasteiger partial charge >= 0.3 is 12.7 Å². The van der Waals surface area contributed by atoms with E-state index in [0.717, 1.165) is 10.6 Å². The average Bonchev–Trinajstić information content (AvgIpc) is 2.69. The lowest BCUT2D eigenvalue weighted by Gasteiger charge is -2.18. The molecule has 0 N–H and O–H groups in total. The fraction of sp³-hybridized carbons (Fsp3) is 0.667. The van der Waals surface area contributed by atoms with Crippen LogP contribution in [-0.4, -0.2) is 30.8 Å². The molecule has 0 aliphatic carbocycles. The van der Waals surface area contributed by atoms with Gasteiger partial charge in [0.15, 0.2) is 0 Å². The van der Waals surface area contributed by atoms with Gasteiger partial charge in [-0.2, -0.15) is 0 Å². The second kappa shape index (κ2) is 8.80. The lowest BCUT2D eigenvalue weighted by molar-refractivity contribution is -0.142. The van der Waals surface area contributed by atoms with Gasteiger partial charge in [0.1, 0.15) is 0 Å². The molecule has 1 aromatic heterocycles. The van der Waals surface area contributed by atoms with Gasteiger partial charge in [-0.15, -0.1) is 0 Å². The van der Waals surface area contributed by atoms with Crippen molar-refractivity contribution in [1.29, 1.82) is 0 Å². The Labute approximate surface area is 134 Å². The summed E-state index contributed by atoms with van der Waals surface area (Å²) < 4.78 is 21.3. The zero-order valence-corrected chi connectivity index (χ0v) is 15.1. The number of ether oxygens (including phenoxy) is 1. The molecule has 120 valence electrons. The van der Waals surface area contributed by atoms with Gasteiger partial charge in [0, 0.05) is 16.7 Å². The third-order valence-electron chi connectivity index (χ3n) is 2.25. The van der Waals surface area contributed by atoms with Crippen LogP contribution in [0.4, 0.5) is 0 Å². The molecule has 6 nitrogen and oxygen atoms in total. The van der Waals surface area contributed by atoms with Crippen molar-refractivity contribution in [3.63, 3.8) is 0 Å². The van der Waals surface area contributed by atoms with Gasteiger partial charge in [-0.3, -0.25) is 13.8 Å². The predicted molar refractivity (Wildman–Crippen MR) is 85.4 cm³/mol. The van der Waals surface area contributed by atoms with Crippen molar-refractivity contribution in [2.24, 2.45) is 0 Å². The van der Waals surface area contributed by atoms with Gasteiger partial charge in [0.25, 0.3) is 5.19 Å². The first-order valence-corrected chi connectivity index (χ1v) is 10.0. The van der Waals surface area contributed by atoms with E-state index in [1.54, 1.807) is 6.92 Å². The van der Waals surface area contributed by atoms with Crippen molar-refractivity contribution in [3.8, 4) is 5.19 Å². The fourth-order valence-electron chi connectivity index (χ4n) is 1.45. The summed E-state index contributed by atoms with van der Waals surface area (Å²) in [4.78, 5) is 16.6. The van der Waals surface area contributed by atoms with E-state index in [2.05, 4.69) is 4.98 Å². The first-order chi connectivity index (χ1) is 9.94. The van der Waals surface area contributed by atoms with E-state index in [9.17, 15) is 4.79 Å². The topological polar surface area (TPSA) is 66.9 Å². The molecule has 0 unspecified atom stereocenters. The molecule has 0 bridgehead atoms. The number of thiazole rings is 1. The van der Waals surface area contributed by atoms with Gasteiger partial charge in [0.05, 0.1) is 31.9 Å². The summed E-state index contributed by atoms with van der Waals surface area (Å²) in [5, 5.41) is 0.358. The van der Waals surface area contributed by atoms with Crippen molar-refractivity contribution in [2.45, 2.75) is 34.1 Å². The lowest BCUT2D eigenvalue weighted by Crippen LogP contribution is -2.07. The molecule has 0 saturated carbocycles. The first-order valence-electron chi connectivity index (χ1n) is 6.64. The van der Waals surface area contributed by atoms with Crippen LogP contribution in [0.3, 0.4) is 0 Å². The number of rotatable bonds is 9. The van der Waals surface area contributed by atoms with Crippen LogP contribution in [0, 0.1) is 6.92 Å². The van der Waals surface area contributed by atoms with Crippen LogP contribution in [-0.2, 0) is 36.8 Å². The van der Waals surface area contributed by atoms with Crippen LogP contribution in [0.5, 0.6) is 5.19 Å². The molecule has 0 amide bonds. The SMILES string of the molecule is CCOC(=O)Cc1sc(OP(=S)(OCC)OCC)nc1C. The number of aromatic nitrogens is 1. The van der Waals surface area contributed by atoms with E-state index in [0.29, 0.717) is 25.0 Å². The number of carbonyl (C=O) groups excluding carboxylic acids is 1. The van der Waals surface area contributed by atoms with Crippen LogP contribution >= 0.6 is 18.1 Å². The molecule has 1 heterocycles. The van der Waals surface area contributed by atoms with E-state index in [4.69, 9.17) is 30.1 Å². The molecule has 0 fully saturated rings. The van der Waals surface area contributed by atoms with Gasteiger partial charge in [-0.1, -0.05) is 11.3 Å². The minimum Gasteiger partial charge on any atom is -0.466 e. The summed E-state index contributed by atoms with van der Waals surface area (Å²) in [6.45, 7) is 5.55. The number of hydrogen-bond acceptors (Lipinski definition) is 8. The second-order valence-corrected chi connectivity index (χ2v) is 7.83. The van der Waals surface area contributed by atoms with Crippen molar-refractivity contribution in [1.82, 2.24) is 4.98 Å². The van der Waals surface area contributed by atoms with Crippen molar-refractivity contribution in [3.05, 3.63) is 10.6 Å². The Morgan fingerprint density at radius 1 is 1.24 bits per heavy atom. The Balaban J connectivity index is 2.80. The van der Waals surface area contributed by atoms with Crippen LogP contribution in [0.15, 0.2) is 0 Å². The zero-order valence-electron chi connectivity index (χ0n) is 12.6. The highest BCUT2D eigenvalue weighted by molar-refractivity contribution is 8.07. The van der Waals surface area contributed by atoms with E-state index < -0.39 is 6.72 Å². The normalized spacial score (nSPS) is 11.4. The number of aryl methyl sites for hydroxylation is 1. The average molecular weight is 353 g/mol. The third kappa shape index (κ3) is 6.00. The molecule has 1 aromatic rings. The quantitative estimate of drug-likeness (QED) is 0.499. The molecular weight excluding hydrogens is 333 g/mol. The van der Waals surface area contributed by atoms with Crippen LogP contribution in [0.2, 0.25) is 0 Å². The summed E-state index contributed by atoms with van der Waals surface area (Å²) in [5.74, 6) is -0.287. The first kappa shape index (κ1) is 18.5. The zero-order chi connectivity index (χ0) is 15.9. The van der Waals surface area contributed by atoms with E-state index in [-0.39, 0.29) is 12.4 Å². The molecule has 0 radical (unpaired) electrons. The van der Waals surface area contributed by atoms with Gasteiger partial charge in [-0.25, -0.2) is 4.98 Å². The fourth-order valence-corrected chi connectivity index (χ4v) is 4.70. The highest BCUT2D eigenvalue weighted by Gasteiger charge is 2.24. The number of carbonyl (C=O) groups is 1. The molecule has 0 atom stereocenters. The maximum absolute atomic E-state index is 11.5. The van der Waals surface area contributed by atoms with Crippen LogP contribution < -0.4 is 4.52 Å². The molecule has 0 saturated heterocycles. The molecule has 1 rings (SSSR count). The summed E-state index contributed by atoms with van der Waals surface area (Å²) in [6, 6.07) is 0. The Kier molecular flexibility index (Phi) is 7.76. The summed E-state index contributed by atoms with van der Waals surface area (Å²) in [7, 11) is 0. The van der Waals surface area contributed by atoms with Crippen LogP contribution in [0.25, 0.3) is 0 Å². The summed E-state index contributed by atoms with van der Waals surface area (Å²) >= 11 is 6.54. The van der Waals surface area contributed by atoms with E-state index >= 15 is 0 Å². The van der Waals surface area contributed by atoms with E-state index in [1.807, 2.05) is 20.8 Å². The smallest absolute Gasteiger partial charge is 0.382 e. The molecule has 9 heteroatoms. The van der Waals surface area contributed by atoms with Crippen molar-refractivity contribution in [2.75, 3.05) is 19.8 Å². The highest BCUT2D eigenvalue weighted by Crippen LogP contribution is 2.50. The largest absolute Gasteiger partial charge is 0.466 e. The Bertz CT molecular complexity index is 510. The van der Waals surface area contributed by atoms with Crippen molar-refractivity contribution < 1.29 is 23.1 Å². The molecular formula is C12H20NO5PS2. The highest BCUT2D eigenvalue weighted by atomic mass is 32.5. The molecule has 0 spiro atoms. The molecule has 21 heavy (non-hydrogen) atoms. The van der Waals surface area contributed by atoms with Crippen LogP contribution in [0.1, 0.15) is 31.3 Å². The molecule has 0 aromatic carbocycles. The third-order valence-corrected chi connectivity index (χ3v) is 5.81. The number of esters is 1. The van der Waals surface area contributed by atoms with E-state index in [1.165, 1.54) is 11.3 Å². The summed E-state index contributed by atoms with van der Waals surface area (Å²) in [5.41, 5.74) is 0.720. The maximum Gasteiger partial charge on any atom is 0.382 e. The van der Waals surface area contributed by atoms with Gasteiger partial charge in [-0.05, 0) is 27.7 Å². The minimum atomic E-state index is -2.83. The standard InChI is InChI=1S/C12H20NO5PS2/c1-5-15-11(14)8-10-9(4)13-12(21-10)18-19(20,16-6-2)17-7-3/h5-8H2,1-4H3. The molecule has 0 aliphatic heterocycles. The Morgan fingerprint density at radius 2 is 1.86 bits per heavy atom. The lowest BCUT2D eigenvalue weighted by atomic mass is 10.3. The Hall–Kier alpha value is -0.530. The van der Waals surface area contributed by atoms with Crippen molar-refractivity contribution >= 4 is 35.8 Å². The van der Waals surface area contributed by atoms with Gasteiger partial charge in [0.2, 0.25) is 0 Å². The summed E-state index contributed by atoms with van der Waals surface area (Å²) in [6.07, 6.45) is 0.173.